The molecule has 0 spiro atoms. The molecule has 0 aliphatic carbocycles. The summed E-state index contributed by atoms with van der Waals surface area (Å²) in [5, 5.41) is 0. The molecule has 2 rings (SSSR count). The molecule has 1 aliphatic rings. The number of hydrogen-bond acceptors (Lipinski definition) is 3. The minimum Gasteiger partial charge on any atom is -0.485 e. The van der Waals surface area contributed by atoms with E-state index in [2.05, 4.69) is 6.58 Å². The molecule has 1 aliphatic heterocycles. The van der Waals surface area contributed by atoms with Crippen molar-refractivity contribution in [1.82, 2.24) is 0 Å². The monoisotopic (exact) mass is 190 g/mol. The third kappa shape index (κ3) is 1.48. The second kappa shape index (κ2) is 3.54. The van der Waals surface area contributed by atoms with Crippen LogP contribution in [0.4, 0.5) is 0 Å². The van der Waals surface area contributed by atoms with Crippen LogP contribution in [0.2, 0.25) is 0 Å². The Morgan fingerprint density at radius 3 is 3.00 bits per heavy atom. The molecule has 1 aromatic rings. The van der Waals surface area contributed by atoms with Crippen molar-refractivity contribution < 1.29 is 14.3 Å². The summed E-state index contributed by atoms with van der Waals surface area (Å²) in [4.78, 5) is 10.5. The SMILES string of the molecule is C=CC1COc2cc(C=O)ccc2O1. The maximum Gasteiger partial charge on any atom is 0.162 e. The second-order valence-electron chi connectivity index (χ2n) is 3.03. The average molecular weight is 190 g/mol. The smallest absolute Gasteiger partial charge is 0.162 e. The molecule has 0 N–H and O–H groups in total. The van der Waals surface area contributed by atoms with E-state index in [4.69, 9.17) is 9.47 Å². The Balaban J connectivity index is 2.31. The van der Waals surface area contributed by atoms with Crippen LogP contribution in [-0.4, -0.2) is 19.0 Å². The minimum atomic E-state index is -0.107. The van der Waals surface area contributed by atoms with Crippen molar-refractivity contribution >= 4 is 6.29 Å². The second-order valence-corrected chi connectivity index (χ2v) is 3.03. The Hall–Kier alpha value is -1.77. The number of fused-ring (bicyclic) bond motifs is 1. The molecule has 72 valence electrons. The van der Waals surface area contributed by atoms with Gasteiger partial charge < -0.3 is 9.47 Å². The van der Waals surface area contributed by atoms with Crippen LogP contribution in [0.25, 0.3) is 0 Å². The fraction of sp³-hybridized carbons (Fsp3) is 0.182. The summed E-state index contributed by atoms with van der Waals surface area (Å²) >= 11 is 0. The van der Waals surface area contributed by atoms with Crippen molar-refractivity contribution in [2.75, 3.05) is 6.61 Å². The van der Waals surface area contributed by atoms with Crippen LogP contribution in [-0.2, 0) is 0 Å². The fourth-order valence-electron chi connectivity index (χ4n) is 1.29. The molecule has 3 heteroatoms. The molecule has 0 aromatic heterocycles. The first kappa shape index (κ1) is 8.81. The van der Waals surface area contributed by atoms with E-state index in [-0.39, 0.29) is 6.10 Å². The molecule has 0 radical (unpaired) electrons. The Labute approximate surface area is 81.9 Å². The number of aldehydes is 1. The lowest BCUT2D eigenvalue weighted by Gasteiger charge is -2.24. The van der Waals surface area contributed by atoms with Gasteiger partial charge in [-0.05, 0) is 24.3 Å². The van der Waals surface area contributed by atoms with Crippen LogP contribution >= 0.6 is 0 Å². The van der Waals surface area contributed by atoms with Gasteiger partial charge in [-0.1, -0.05) is 6.58 Å². The largest absolute Gasteiger partial charge is 0.485 e. The van der Waals surface area contributed by atoms with E-state index in [9.17, 15) is 4.79 Å². The van der Waals surface area contributed by atoms with Crippen molar-refractivity contribution in [1.29, 1.82) is 0 Å². The molecule has 0 saturated heterocycles. The van der Waals surface area contributed by atoms with Gasteiger partial charge in [0.2, 0.25) is 0 Å². The average Bonchev–Trinajstić information content (AvgIpc) is 2.27. The van der Waals surface area contributed by atoms with Crippen molar-refractivity contribution in [2.24, 2.45) is 0 Å². The highest BCUT2D eigenvalue weighted by atomic mass is 16.6. The van der Waals surface area contributed by atoms with E-state index in [1.165, 1.54) is 0 Å². The molecule has 0 bridgehead atoms. The first-order chi connectivity index (χ1) is 6.83. The maximum absolute atomic E-state index is 10.5. The molecule has 1 unspecified atom stereocenters. The lowest BCUT2D eigenvalue weighted by Crippen LogP contribution is -2.26. The molecule has 1 atom stereocenters. The van der Waals surface area contributed by atoms with Crippen molar-refractivity contribution in [2.45, 2.75) is 6.10 Å². The van der Waals surface area contributed by atoms with E-state index in [1.54, 1.807) is 24.3 Å². The minimum absolute atomic E-state index is 0.107. The first-order valence-corrected chi connectivity index (χ1v) is 4.34. The molecular weight excluding hydrogens is 180 g/mol. The van der Waals surface area contributed by atoms with E-state index in [1.807, 2.05) is 0 Å². The highest BCUT2D eigenvalue weighted by Gasteiger charge is 2.18. The van der Waals surface area contributed by atoms with Gasteiger partial charge in [0, 0.05) is 5.56 Å². The highest BCUT2D eigenvalue weighted by Crippen LogP contribution is 2.32. The molecule has 14 heavy (non-hydrogen) atoms. The van der Waals surface area contributed by atoms with Crippen LogP contribution < -0.4 is 9.47 Å². The highest BCUT2D eigenvalue weighted by molar-refractivity contribution is 5.76. The molecule has 0 amide bonds. The van der Waals surface area contributed by atoms with Crippen molar-refractivity contribution in [3.05, 3.63) is 36.4 Å². The summed E-state index contributed by atoms with van der Waals surface area (Å²) in [6, 6.07) is 5.09. The summed E-state index contributed by atoms with van der Waals surface area (Å²) < 4.78 is 10.9. The van der Waals surface area contributed by atoms with E-state index >= 15 is 0 Å². The predicted octanol–water partition coefficient (Wildman–Crippen LogP) is 1.82. The van der Waals surface area contributed by atoms with E-state index < -0.39 is 0 Å². The Morgan fingerprint density at radius 2 is 2.29 bits per heavy atom. The van der Waals surface area contributed by atoms with Crippen molar-refractivity contribution in [3.8, 4) is 11.5 Å². The number of ether oxygens (including phenoxy) is 2. The van der Waals surface area contributed by atoms with Crippen molar-refractivity contribution in [3.63, 3.8) is 0 Å². The fourth-order valence-corrected chi connectivity index (χ4v) is 1.29. The molecule has 3 nitrogen and oxygen atoms in total. The zero-order chi connectivity index (χ0) is 9.97. The summed E-state index contributed by atoms with van der Waals surface area (Å²) in [6.45, 7) is 4.07. The Bertz CT molecular complexity index is 371. The number of rotatable bonds is 2. The van der Waals surface area contributed by atoms with Gasteiger partial charge in [-0.3, -0.25) is 4.79 Å². The summed E-state index contributed by atoms with van der Waals surface area (Å²) in [5.41, 5.74) is 0.587. The molecule has 1 aromatic carbocycles. The van der Waals surface area contributed by atoms with Gasteiger partial charge in [-0.15, -0.1) is 0 Å². The summed E-state index contributed by atoms with van der Waals surface area (Å²) in [6.07, 6.45) is 2.37. The lowest BCUT2D eigenvalue weighted by molar-refractivity contribution is 0.111. The number of carbonyl (C=O) groups is 1. The van der Waals surface area contributed by atoms with Crippen LogP contribution in [0.3, 0.4) is 0 Å². The zero-order valence-electron chi connectivity index (χ0n) is 7.60. The molecule has 0 saturated carbocycles. The van der Waals surface area contributed by atoms with Gasteiger partial charge in [-0.2, -0.15) is 0 Å². The van der Waals surface area contributed by atoms with Crippen LogP contribution in [0.1, 0.15) is 10.4 Å². The number of benzene rings is 1. The number of carbonyl (C=O) groups excluding carboxylic acids is 1. The quantitative estimate of drug-likeness (QED) is 0.527. The van der Waals surface area contributed by atoms with E-state index in [0.29, 0.717) is 23.7 Å². The van der Waals surface area contributed by atoms with Crippen LogP contribution in [0, 0.1) is 0 Å². The van der Waals surface area contributed by atoms with Crippen LogP contribution in [0.5, 0.6) is 11.5 Å². The summed E-state index contributed by atoms with van der Waals surface area (Å²) in [5.74, 6) is 1.28. The summed E-state index contributed by atoms with van der Waals surface area (Å²) in [7, 11) is 0. The predicted molar refractivity (Wildman–Crippen MR) is 51.9 cm³/mol. The van der Waals surface area contributed by atoms with Gasteiger partial charge in [-0.25, -0.2) is 0 Å². The Kier molecular flexibility index (Phi) is 2.23. The third-order valence-electron chi connectivity index (χ3n) is 2.05. The van der Waals surface area contributed by atoms with E-state index in [0.717, 1.165) is 6.29 Å². The first-order valence-electron chi connectivity index (χ1n) is 4.34. The molecular formula is C11H10O3. The number of hydrogen-bond donors (Lipinski definition) is 0. The normalized spacial score (nSPS) is 18.7. The third-order valence-corrected chi connectivity index (χ3v) is 2.05. The Morgan fingerprint density at radius 1 is 1.43 bits per heavy atom. The van der Waals surface area contributed by atoms with Gasteiger partial charge in [0.15, 0.2) is 17.6 Å². The standard InChI is InChI=1S/C11H10O3/c1-2-9-7-13-11-5-8(6-12)3-4-10(11)14-9/h2-6,9H,1,7H2. The topological polar surface area (TPSA) is 35.5 Å². The van der Waals surface area contributed by atoms with Gasteiger partial charge in [0.05, 0.1) is 0 Å². The zero-order valence-corrected chi connectivity index (χ0v) is 7.60. The van der Waals surface area contributed by atoms with Gasteiger partial charge in [0.1, 0.15) is 12.9 Å². The molecule has 0 fully saturated rings. The van der Waals surface area contributed by atoms with Gasteiger partial charge in [0.25, 0.3) is 0 Å². The van der Waals surface area contributed by atoms with Gasteiger partial charge >= 0.3 is 0 Å². The molecule has 1 heterocycles. The maximum atomic E-state index is 10.5. The van der Waals surface area contributed by atoms with Crippen LogP contribution in [0.15, 0.2) is 30.9 Å². The lowest BCUT2D eigenvalue weighted by atomic mass is 10.2.